The first-order chi connectivity index (χ1) is 19.7. The molecule has 42 heavy (non-hydrogen) atoms. The number of esters is 2. The maximum Gasteiger partial charge on any atom is 0.491 e. The third-order valence-electron chi connectivity index (χ3n) is 6.10. The minimum atomic E-state index is -5.32. The van der Waals surface area contributed by atoms with Crippen molar-refractivity contribution in [3.8, 4) is 17.2 Å². The number of ether oxygens (including phenoxy) is 2. The van der Waals surface area contributed by atoms with Gasteiger partial charge < -0.3 is 19.2 Å². The average Bonchev–Trinajstić information content (AvgIpc) is 3.29. The molecule has 2 aromatic carbocycles. The van der Waals surface area contributed by atoms with Crippen molar-refractivity contribution in [1.29, 1.82) is 0 Å². The van der Waals surface area contributed by atoms with Crippen LogP contribution in [-0.4, -0.2) is 53.1 Å². The summed E-state index contributed by atoms with van der Waals surface area (Å²) in [5.41, 5.74) is 0.932. The van der Waals surface area contributed by atoms with Crippen LogP contribution >= 0.6 is 0 Å². The Morgan fingerprint density at radius 2 is 1.76 bits per heavy atom. The number of benzene rings is 2. The lowest BCUT2D eigenvalue weighted by Crippen LogP contribution is -2.43. The molecule has 3 aromatic rings. The van der Waals surface area contributed by atoms with Crippen LogP contribution in [0, 0.1) is 6.92 Å². The second-order valence-electron chi connectivity index (χ2n) is 9.93. The summed E-state index contributed by atoms with van der Waals surface area (Å²) in [7, 11) is 1.54. The van der Waals surface area contributed by atoms with E-state index < -0.39 is 23.7 Å². The number of allylic oxidation sites excluding steroid dienone is 1. The number of halogens is 3. The van der Waals surface area contributed by atoms with Gasteiger partial charge in [-0.2, -0.15) is 13.2 Å². The number of hydrogen-bond acceptors (Lipinski definition) is 8. The van der Waals surface area contributed by atoms with Crippen molar-refractivity contribution in [2.24, 2.45) is 0 Å². The number of oxazole rings is 1. The number of carbonyl (C=O) groups excluding carboxylic acids is 3. The first-order valence-electron chi connectivity index (χ1n) is 12.9. The Morgan fingerprint density at radius 3 is 2.38 bits per heavy atom. The first kappa shape index (κ1) is 32.1. The Kier molecular flexibility index (Phi) is 10.3. The molecular formula is C30H32F3N3O6. The van der Waals surface area contributed by atoms with Crippen molar-refractivity contribution in [3.63, 3.8) is 0 Å². The molecule has 0 unspecified atom stereocenters. The lowest BCUT2D eigenvalue weighted by molar-refractivity contribution is -0.206. The summed E-state index contributed by atoms with van der Waals surface area (Å²) in [5, 5.41) is 2.62. The standard InChI is InChI=1S/C30H32F3N3O6/c1-6-10-22-15-20(13-14-24(22)42-29(3,4)27(38)41-28(39)30(31,32)33)16-36(18-25(37)34-5)17-23-19(2)40-26(35-23)21-11-8-7-9-12-21/h6-9,11-15H,1,10,16-18H2,2-5H3,(H,34,37). The zero-order valence-corrected chi connectivity index (χ0v) is 23.7. The summed E-state index contributed by atoms with van der Waals surface area (Å²) >= 11 is 0. The number of nitrogens with zero attached hydrogens (tertiary/aromatic N) is 2. The van der Waals surface area contributed by atoms with Crippen molar-refractivity contribution in [2.75, 3.05) is 13.6 Å². The van der Waals surface area contributed by atoms with E-state index in [1.807, 2.05) is 35.2 Å². The second-order valence-corrected chi connectivity index (χ2v) is 9.93. The van der Waals surface area contributed by atoms with Crippen LogP contribution in [0.25, 0.3) is 11.5 Å². The zero-order chi connectivity index (χ0) is 31.1. The molecule has 0 fully saturated rings. The zero-order valence-electron chi connectivity index (χ0n) is 23.7. The Bertz CT molecular complexity index is 1430. The van der Waals surface area contributed by atoms with E-state index in [4.69, 9.17) is 9.15 Å². The van der Waals surface area contributed by atoms with Gasteiger partial charge in [0.25, 0.3) is 0 Å². The van der Waals surface area contributed by atoms with E-state index in [2.05, 4.69) is 21.6 Å². The van der Waals surface area contributed by atoms with Gasteiger partial charge in [0, 0.05) is 25.7 Å². The Labute approximate surface area is 241 Å². The number of likely N-dealkylation sites (N-methyl/N-ethyl adjacent to an activating group) is 1. The van der Waals surface area contributed by atoms with Gasteiger partial charge in [-0.1, -0.05) is 36.4 Å². The van der Waals surface area contributed by atoms with Gasteiger partial charge in [-0.25, -0.2) is 14.6 Å². The van der Waals surface area contributed by atoms with Crippen LogP contribution in [-0.2, 0) is 38.6 Å². The first-order valence-corrected chi connectivity index (χ1v) is 12.9. The fraction of sp³-hybridized carbons (Fsp3) is 0.333. The largest absolute Gasteiger partial charge is 0.491 e. The van der Waals surface area contributed by atoms with Crippen LogP contribution in [0.4, 0.5) is 13.2 Å². The molecule has 1 heterocycles. The molecule has 0 aliphatic carbocycles. The van der Waals surface area contributed by atoms with Gasteiger partial charge in [0.15, 0.2) is 0 Å². The normalized spacial score (nSPS) is 11.7. The lowest BCUT2D eigenvalue weighted by Gasteiger charge is -2.26. The Hall–Kier alpha value is -4.45. The molecule has 1 aromatic heterocycles. The fourth-order valence-corrected chi connectivity index (χ4v) is 3.93. The summed E-state index contributed by atoms with van der Waals surface area (Å²) in [6.07, 6.45) is -3.43. The molecule has 12 heteroatoms. The third-order valence-corrected chi connectivity index (χ3v) is 6.10. The molecule has 1 N–H and O–H groups in total. The smallest absolute Gasteiger partial charge is 0.476 e. The minimum Gasteiger partial charge on any atom is -0.476 e. The van der Waals surface area contributed by atoms with Crippen molar-refractivity contribution in [3.05, 3.63) is 83.8 Å². The van der Waals surface area contributed by atoms with Gasteiger partial charge in [-0.3, -0.25) is 9.69 Å². The van der Waals surface area contributed by atoms with Crippen molar-refractivity contribution < 1.29 is 41.4 Å². The maximum absolute atomic E-state index is 12.6. The molecular weight excluding hydrogens is 555 g/mol. The molecule has 224 valence electrons. The molecule has 0 saturated heterocycles. The van der Waals surface area contributed by atoms with E-state index in [0.29, 0.717) is 42.4 Å². The Morgan fingerprint density at radius 1 is 1.07 bits per heavy atom. The maximum atomic E-state index is 12.6. The number of rotatable bonds is 12. The molecule has 9 nitrogen and oxygen atoms in total. The highest BCUT2D eigenvalue weighted by atomic mass is 19.4. The van der Waals surface area contributed by atoms with Gasteiger partial charge in [0.05, 0.1) is 12.2 Å². The van der Waals surface area contributed by atoms with Crippen LogP contribution in [0.5, 0.6) is 5.75 Å². The van der Waals surface area contributed by atoms with E-state index in [1.165, 1.54) is 13.8 Å². The number of aryl methyl sites for hydroxylation is 1. The van der Waals surface area contributed by atoms with Crippen LogP contribution in [0.15, 0.2) is 65.6 Å². The van der Waals surface area contributed by atoms with E-state index in [-0.39, 0.29) is 18.2 Å². The number of nitrogens with one attached hydrogen (secondary N) is 1. The summed E-state index contributed by atoms with van der Waals surface area (Å²) in [4.78, 5) is 42.3. The molecule has 0 saturated carbocycles. The highest BCUT2D eigenvalue weighted by Gasteiger charge is 2.45. The van der Waals surface area contributed by atoms with Crippen molar-refractivity contribution in [2.45, 2.75) is 52.1 Å². The highest BCUT2D eigenvalue weighted by molar-refractivity contribution is 5.92. The van der Waals surface area contributed by atoms with Crippen molar-refractivity contribution in [1.82, 2.24) is 15.2 Å². The molecule has 1 amide bonds. The average molecular weight is 588 g/mol. The lowest BCUT2D eigenvalue weighted by atomic mass is 10.0. The summed E-state index contributed by atoms with van der Waals surface area (Å²) in [6, 6.07) is 14.5. The monoisotopic (exact) mass is 587 g/mol. The fourth-order valence-electron chi connectivity index (χ4n) is 3.93. The predicted octanol–water partition coefficient (Wildman–Crippen LogP) is 4.92. The number of amides is 1. The van der Waals surface area contributed by atoms with Gasteiger partial charge >= 0.3 is 18.1 Å². The van der Waals surface area contributed by atoms with Crippen LogP contribution in [0.3, 0.4) is 0 Å². The van der Waals surface area contributed by atoms with Crippen LogP contribution < -0.4 is 10.1 Å². The van der Waals surface area contributed by atoms with Gasteiger partial charge in [0.1, 0.15) is 11.5 Å². The third kappa shape index (κ3) is 8.53. The Balaban J connectivity index is 1.83. The SMILES string of the molecule is C=CCc1cc(CN(CC(=O)NC)Cc2nc(-c3ccccc3)oc2C)ccc1OC(C)(C)C(=O)OC(=O)C(F)(F)F. The number of hydrogen-bond donors (Lipinski definition) is 1. The molecule has 0 atom stereocenters. The second kappa shape index (κ2) is 13.5. The molecule has 0 radical (unpaired) electrons. The van der Waals surface area contributed by atoms with E-state index in [9.17, 15) is 27.6 Å². The summed E-state index contributed by atoms with van der Waals surface area (Å²) in [5.74, 6) is -3.05. The number of carbonyl (C=O) groups is 3. The van der Waals surface area contributed by atoms with E-state index in [1.54, 1.807) is 38.2 Å². The number of aromatic nitrogens is 1. The summed E-state index contributed by atoms with van der Waals surface area (Å²) in [6.45, 7) is 8.60. The quantitative estimate of drug-likeness (QED) is 0.181. The van der Waals surface area contributed by atoms with E-state index in [0.717, 1.165) is 11.1 Å². The van der Waals surface area contributed by atoms with Gasteiger partial charge in [0.2, 0.25) is 17.4 Å². The van der Waals surface area contributed by atoms with Gasteiger partial charge in [-0.15, -0.1) is 6.58 Å². The molecule has 0 aliphatic heterocycles. The van der Waals surface area contributed by atoms with Crippen molar-refractivity contribution >= 4 is 17.8 Å². The minimum absolute atomic E-state index is 0.0601. The summed E-state index contributed by atoms with van der Waals surface area (Å²) < 4.78 is 53.2. The molecule has 0 bridgehead atoms. The predicted molar refractivity (Wildman–Crippen MR) is 147 cm³/mol. The number of alkyl halides is 3. The highest BCUT2D eigenvalue weighted by Crippen LogP contribution is 2.28. The topological polar surface area (TPSA) is 111 Å². The van der Waals surface area contributed by atoms with Gasteiger partial charge in [-0.05, 0) is 56.5 Å². The van der Waals surface area contributed by atoms with E-state index >= 15 is 0 Å². The van der Waals surface area contributed by atoms with Crippen LogP contribution in [0.2, 0.25) is 0 Å². The molecule has 3 rings (SSSR count). The molecule has 0 spiro atoms. The molecule has 0 aliphatic rings. The van der Waals surface area contributed by atoms with Crippen LogP contribution in [0.1, 0.15) is 36.4 Å².